The molecule has 2 amide bonds. The lowest BCUT2D eigenvalue weighted by Gasteiger charge is -2.06. The third-order valence-electron chi connectivity index (χ3n) is 2.75. The zero-order valence-corrected chi connectivity index (χ0v) is 14.8. The number of carbonyl (C=O) groups is 1. The number of rotatable bonds is 2. The Kier molecular flexibility index (Phi) is 4.54. The maximum absolute atomic E-state index is 12.0. The molecule has 0 unspecified atom stereocenters. The van der Waals surface area contributed by atoms with E-state index in [9.17, 15) is 4.79 Å². The zero-order valence-electron chi connectivity index (χ0n) is 10.9. The van der Waals surface area contributed by atoms with Gasteiger partial charge in [-0.2, -0.15) is 0 Å². The van der Waals surface area contributed by atoms with Crippen molar-refractivity contribution in [2.75, 3.05) is 10.6 Å². The summed E-state index contributed by atoms with van der Waals surface area (Å²) in [7, 11) is 0. The molecular weight excluding hydrogens is 409 g/mol. The highest BCUT2D eigenvalue weighted by Gasteiger charge is 2.09. The second kappa shape index (κ2) is 6.42. The summed E-state index contributed by atoms with van der Waals surface area (Å²) >= 11 is 16.5. The number of benzene rings is 2. The number of urea groups is 1. The second-order valence-electron chi connectivity index (χ2n) is 4.34. The van der Waals surface area contributed by atoms with Crippen LogP contribution in [-0.2, 0) is 0 Å². The third kappa shape index (κ3) is 3.52. The van der Waals surface area contributed by atoms with Gasteiger partial charge in [-0.05, 0) is 36.4 Å². The molecule has 0 bridgehead atoms. The first kappa shape index (κ1) is 15.6. The van der Waals surface area contributed by atoms with Crippen molar-refractivity contribution < 1.29 is 4.79 Å². The van der Waals surface area contributed by atoms with E-state index >= 15 is 0 Å². The van der Waals surface area contributed by atoms with Crippen LogP contribution in [0.4, 0.5) is 15.6 Å². The number of amides is 2. The van der Waals surface area contributed by atoms with Gasteiger partial charge >= 0.3 is 6.03 Å². The van der Waals surface area contributed by atoms with Gasteiger partial charge in [0.05, 0.1) is 20.3 Å². The molecule has 2 N–H and O–H groups in total. The Bertz CT molecular complexity index is 868. The minimum atomic E-state index is -0.392. The molecular formula is C14H8BrCl2N3OS. The lowest BCUT2D eigenvalue weighted by molar-refractivity contribution is 0.262. The van der Waals surface area contributed by atoms with Crippen molar-refractivity contribution in [1.29, 1.82) is 0 Å². The lowest BCUT2D eigenvalue weighted by atomic mass is 10.3. The van der Waals surface area contributed by atoms with Crippen molar-refractivity contribution in [1.82, 2.24) is 4.98 Å². The summed E-state index contributed by atoms with van der Waals surface area (Å²) in [5.74, 6) is 0. The Morgan fingerprint density at radius 1 is 1.09 bits per heavy atom. The normalized spacial score (nSPS) is 10.7. The van der Waals surface area contributed by atoms with Crippen LogP contribution in [0, 0.1) is 0 Å². The molecule has 0 aliphatic carbocycles. The Morgan fingerprint density at radius 3 is 2.68 bits per heavy atom. The van der Waals surface area contributed by atoms with Gasteiger partial charge in [0.1, 0.15) is 0 Å². The topological polar surface area (TPSA) is 54.0 Å². The number of nitrogens with zero attached hydrogens (tertiary/aromatic N) is 1. The first-order valence-electron chi connectivity index (χ1n) is 6.10. The van der Waals surface area contributed by atoms with Gasteiger partial charge < -0.3 is 5.32 Å². The number of anilines is 2. The summed E-state index contributed by atoms with van der Waals surface area (Å²) in [6.45, 7) is 0. The zero-order chi connectivity index (χ0) is 15.7. The fourth-order valence-corrected chi connectivity index (χ4v) is 3.50. The molecule has 0 spiro atoms. The van der Waals surface area contributed by atoms with E-state index in [2.05, 4.69) is 31.5 Å². The first-order valence-corrected chi connectivity index (χ1v) is 8.47. The van der Waals surface area contributed by atoms with E-state index in [0.717, 1.165) is 14.7 Å². The van der Waals surface area contributed by atoms with Crippen molar-refractivity contribution >= 4 is 77.5 Å². The molecule has 0 aliphatic rings. The molecule has 1 aromatic heterocycles. The number of hydrogen-bond acceptors (Lipinski definition) is 3. The van der Waals surface area contributed by atoms with Gasteiger partial charge in [0.25, 0.3) is 0 Å². The average molecular weight is 417 g/mol. The average Bonchev–Trinajstić information content (AvgIpc) is 2.84. The summed E-state index contributed by atoms with van der Waals surface area (Å²) in [6, 6.07) is 10.2. The first-order chi connectivity index (χ1) is 10.5. The minimum Gasteiger partial charge on any atom is -0.308 e. The molecule has 0 radical (unpaired) electrons. The van der Waals surface area contributed by atoms with Gasteiger partial charge in [-0.25, -0.2) is 9.78 Å². The van der Waals surface area contributed by atoms with Crippen LogP contribution in [0.5, 0.6) is 0 Å². The SMILES string of the molecule is O=C(Nc1ccc(Cl)c(Cl)c1)Nc1nc2ccc(Br)cc2s1. The quantitative estimate of drug-likeness (QED) is 0.537. The van der Waals surface area contributed by atoms with Crippen LogP contribution >= 0.6 is 50.5 Å². The van der Waals surface area contributed by atoms with Crippen molar-refractivity contribution in [3.8, 4) is 0 Å². The number of thiazole rings is 1. The maximum Gasteiger partial charge on any atom is 0.325 e. The summed E-state index contributed by atoms with van der Waals surface area (Å²) in [5.41, 5.74) is 1.38. The van der Waals surface area contributed by atoms with Crippen LogP contribution in [0.2, 0.25) is 10.0 Å². The standard InChI is InChI=1S/C14H8BrCl2N3OS/c15-7-1-4-11-12(5-7)22-14(19-11)20-13(21)18-8-2-3-9(16)10(17)6-8/h1-6H,(H2,18,19,20,21). The largest absolute Gasteiger partial charge is 0.325 e. The van der Waals surface area contributed by atoms with E-state index < -0.39 is 6.03 Å². The van der Waals surface area contributed by atoms with Crippen LogP contribution in [0.25, 0.3) is 10.2 Å². The van der Waals surface area contributed by atoms with E-state index in [1.807, 2.05) is 18.2 Å². The molecule has 8 heteroatoms. The molecule has 0 saturated heterocycles. The van der Waals surface area contributed by atoms with Crippen molar-refractivity contribution in [3.05, 3.63) is 50.9 Å². The highest BCUT2D eigenvalue weighted by molar-refractivity contribution is 9.10. The molecule has 3 aromatic rings. The molecule has 0 saturated carbocycles. The van der Waals surface area contributed by atoms with Crippen LogP contribution in [0.3, 0.4) is 0 Å². The van der Waals surface area contributed by atoms with Crippen molar-refractivity contribution in [3.63, 3.8) is 0 Å². The number of aromatic nitrogens is 1. The number of halogens is 3. The van der Waals surface area contributed by atoms with Gasteiger partial charge in [0, 0.05) is 10.2 Å². The predicted octanol–water partition coefficient (Wildman–Crippen LogP) is 6.01. The summed E-state index contributed by atoms with van der Waals surface area (Å²) in [5, 5.41) is 6.71. The van der Waals surface area contributed by atoms with Gasteiger partial charge in [-0.15, -0.1) is 0 Å². The molecule has 0 atom stereocenters. The van der Waals surface area contributed by atoms with Crippen LogP contribution in [0.1, 0.15) is 0 Å². The summed E-state index contributed by atoms with van der Waals surface area (Å²) in [6.07, 6.45) is 0. The van der Waals surface area contributed by atoms with Gasteiger partial charge in [0.2, 0.25) is 0 Å². The molecule has 112 valence electrons. The van der Waals surface area contributed by atoms with Crippen LogP contribution in [0.15, 0.2) is 40.9 Å². The smallest absolute Gasteiger partial charge is 0.308 e. The Labute approximate surface area is 148 Å². The third-order valence-corrected chi connectivity index (χ3v) is 4.91. The highest BCUT2D eigenvalue weighted by Crippen LogP contribution is 2.29. The number of nitrogens with one attached hydrogen (secondary N) is 2. The van der Waals surface area contributed by atoms with Gasteiger partial charge in [0.15, 0.2) is 5.13 Å². The minimum absolute atomic E-state index is 0.379. The predicted molar refractivity (Wildman–Crippen MR) is 96.4 cm³/mol. The van der Waals surface area contributed by atoms with Crippen LogP contribution < -0.4 is 10.6 Å². The Morgan fingerprint density at radius 2 is 1.91 bits per heavy atom. The maximum atomic E-state index is 12.0. The molecule has 22 heavy (non-hydrogen) atoms. The number of hydrogen-bond donors (Lipinski definition) is 2. The Balaban J connectivity index is 1.73. The molecule has 0 fully saturated rings. The van der Waals surface area contributed by atoms with Crippen molar-refractivity contribution in [2.24, 2.45) is 0 Å². The van der Waals surface area contributed by atoms with Crippen LogP contribution in [-0.4, -0.2) is 11.0 Å². The molecule has 1 heterocycles. The van der Waals surface area contributed by atoms with E-state index in [4.69, 9.17) is 23.2 Å². The van der Waals surface area contributed by atoms with E-state index in [-0.39, 0.29) is 0 Å². The molecule has 3 rings (SSSR count). The summed E-state index contributed by atoms with van der Waals surface area (Å²) in [4.78, 5) is 16.3. The highest BCUT2D eigenvalue weighted by atomic mass is 79.9. The van der Waals surface area contributed by atoms with E-state index in [1.165, 1.54) is 11.3 Å². The molecule has 2 aromatic carbocycles. The van der Waals surface area contributed by atoms with E-state index in [0.29, 0.717) is 20.9 Å². The fraction of sp³-hybridized carbons (Fsp3) is 0. The second-order valence-corrected chi connectivity index (χ2v) is 7.10. The molecule has 4 nitrogen and oxygen atoms in total. The van der Waals surface area contributed by atoms with Gasteiger partial charge in [-0.1, -0.05) is 50.5 Å². The van der Waals surface area contributed by atoms with E-state index in [1.54, 1.807) is 18.2 Å². The summed E-state index contributed by atoms with van der Waals surface area (Å²) < 4.78 is 1.95. The van der Waals surface area contributed by atoms with Crippen molar-refractivity contribution in [2.45, 2.75) is 0 Å². The Hall–Kier alpha value is -1.34. The lowest BCUT2D eigenvalue weighted by Crippen LogP contribution is -2.19. The number of fused-ring (bicyclic) bond motifs is 1. The number of carbonyl (C=O) groups excluding carboxylic acids is 1. The molecule has 0 aliphatic heterocycles. The fourth-order valence-electron chi connectivity index (χ4n) is 1.79. The monoisotopic (exact) mass is 415 g/mol. The van der Waals surface area contributed by atoms with Gasteiger partial charge in [-0.3, -0.25) is 5.32 Å².